The van der Waals surface area contributed by atoms with E-state index in [1.165, 1.54) is 24.8 Å². The first kappa shape index (κ1) is 12.6. The fourth-order valence-electron chi connectivity index (χ4n) is 2.65. The number of nitrogens with one attached hydrogen (secondary N) is 1. The van der Waals surface area contributed by atoms with Crippen LogP contribution in [-0.2, 0) is 4.74 Å². The first-order valence-corrected chi connectivity index (χ1v) is 6.75. The Morgan fingerprint density at radius 1 is 1.29 bits per heavy atom. The fourth-order valence-corrected chi connectivity index (χ4v) is 2.65. The Bertz CT molecular complexity index is 325. The number of hydrogen-bond donors (Lipinski definition) is 1. The van der Waals surface area contributed by atoms with E-state index in [-0.39, 0.29) is 6.10 Å². The summed E-state index contributed by atoms with van der Waals surface area (Å²) in [6.45, 7) is 5.34. The quantitative estimate of drug-likeness (QED) is 0.842. The normalized spacial score (nSPS) is 26.0. The molecule has 1 aromatic rings. The minimum absolute atomic E-state index is 0.195. The van der Waals surface area contributed by atoms with Crippen LogP contribution in [0.15, 0.2) is 30.3 Å². The number of rotatable bonds is 5. The first-order chi connectivity index (χ1) is 8.31. The lowest BCUT2D eigenvalue weighted by molar-refractivity contribution is -0.0129. The molecule has 0 amide bonds. The largest absolute Gasteiger partial charge is 0.369 e. The van der Waals surface area contributed by atoms with Crippen LogP contribution in [0.2, 0.25) is 0 Å². The second-order valence-corrected chi connectivity index (χ2v) is 4.82. The molecular formula is C15H23NO. The molecule has 94 valence electrons. The van der Waals surface area contributed by atoms with E-state index in [1.807, 2.05) is 6.07 Å². The molecule has 17 heavy (non-hydrogen) atoms. The van der Waals surface area contributed by atoms with Crippen molar-refractivity contribution in [2.75, 3.05) is 6.54 Å². The molecule has 1 aromatic carbocycles. The van der Waals surface area contributed by atoms with Gasteiger partial charge in [-0.05, 0) is 38.3 Å². The van der Waals surface area contributed by atoms with Crippen molar-refractivity contribution in [3.8, 4) is 0 Å². The molecule has 0 aromatic heterocycles. The molecule has 0 saturated heterocycles. The Morgan fingerprint density at radius 3 is 2.76 bits per heavy atom. The van der Waals surface area contributed by atoms with Crippen molar-refractivity contribution in [3.05, 3.63) is 35.9 Å². The molecule has 3 unspecified atom stereocenters. The van der Waals surface area contributed by atoms with Gasteiger partial charge in [0.15, 0.2) is 0 Å². The maximum absolute atomic E-state index is 6.20. The Morgan fingerprint density at radius 2 is 2.06 bits per heavy atom. The minimum atomic E-state index is 0.195. The van der Waals surface area contributed by atoms with Gasteiger partial charge in [-0.2, -0.15) is 0 Å². The standard InChI is InChI=1S/C15H23NO/c1-3-16-14-10-7-11-15(14)17-12(2)13-8-5-4-6-9-13/h4-6,8-9,12,14-16H,3,7,10-11H2,1-2H3. The zero-order valence-corrected chi connectivity index (χ0v) is 10.9. The monoisotopic (exact) mass is 233 g/mol. The summed E-state index contributed by atoms with van der Waals surface area (Å²) in [6.07, 6.45) is 4.30. The zero-order valence-electron chi connectivity index (χ0n) is 10.9. The summed E-state index contributed by atoms with van der Waals surface area (Å²) >= 11 is 0. The first-order valence-electron chi connectivity index (χ1n) is 6.75. The SMILES string of the molecule is CCNC1CCCC1OC(C)c1ccccc1. The van der Waals surface area contributed by atoms with Crippen LogP contribution in [0.5, 0.6) is 0 Å². The average Bonchev–Trinajstić information content (AvgIpc) is 2.78. The predicted octanol–water partition coefficient (Wildman–Crippen LogP) is 3.29. The fraction of sp³-hybridized carbons (Fsp3) is 0.600. The van der Waals surface area contributed by atoms with Gasteiger partial charge < -0.3 is 10.1 Å². The van der Waals surface area contributed by atoms with Gasteiger partial charge in [0.05, 0.1) is 12.2 Å². The Balaban J connectivity index is 1.92. The topological polar surface area (TPSA) is 21.3 Å². The number of likely N-dealkylation sites (N-methyl/N-ethyl adjacent to an activating group) is 1. The third kappa shape index (κ3) is 3.30. The van der Waals surface area contributed by atoms with Crippen molar-refractivity contribution in [2.24, 2.45) is 0 Å². The molecule has 1 N–H and O–H groups in total. The lowest BCUT2D eigenvalue weighted by Crippen LogP contribution is -2.37. The summed E-state index contributed by atoms with van der Waals surface area (Å²) in [5.41, 5.74) is 1.27. The van der Waals surface area contributed by atoms with Crippen LogP contribution in [0, 0.1) is 0 Å². The van der Waals surface area contributed by atoms with Gasteiger partial charge in [0.25, 0.3) is 0 Å². The Hall–Kier alpha value is -0.860. The molecule has 2 nitrogen and oxygen atoms in total. The molecule has 2 heteroatoms. The van der Waals surface area contributed by atoms with Gasteiger partial charge in [0.1, 0.15) is 0 Å². The number of hydrogen-bond acceptors (Lipinski definition) is 2. The smallest absolute Gasteiger partial charge is 0.0801 e. The maximum Gasteiger partial charge on any atom is 0.0801 e. The third-order valence-electron chi connectivity index (χ3n) is 3.57. The molecule has 0 bridgehead atoms. The van der Waals surface area contributed by atoms with E-state index in [0.29, 0.717) is 12.1 Å². The van der Waals surface area contributed by atoms with Gasteiger partial charge in [-0.15, -0.1) is 0 Å². The van der Waals surface area contributed by atoms with Gasteiger partial charge >= 0.3 is 0 Å². The summed E-state index contributed by atoms with van der Waals surface area (Å²) in [7, 11) is 0. The van der Waals surface area contributed by atoms with E-state index < -0.39 is 0 Å². The van der Waals surface area contributed by atoms with Gasteiger partial charge in [-0.1, -0.05) is 37.3 Å². The van der Waals surface area contributed by atoms with Crippen molar-refractivity contribution in [3.63, 3.8) is 0 Å². The van der Waals surface area contributed by atoms with E-state index in [2.05, 4.69) is 43.4 Å². The molecular weight excluding hydrogens is 210 g/mol. The lowest BCUT2D eigenvalue weighted by Gasteiger charge is -2.25. The highest BCUT2D eigenvalue weighted by molar-refractivity contribution is 5.17. The Labute approximate surface area is 104 Å². The average molecular weight is 233 g/mol. The summed E-state index contributed by atoms with van der Waals surface area (Å²) in [6, 6.07) is 11.0. The van der Waals surface area contributed by atoms with Crippen LogP contribution >= 0.6 is 0 Å². The zero-order chi connectivity index (χ0) is 12.1. The highest BCUT2D eigenvalue weighted by Gasteiger charge is 2.28. The van der Waals surface area contributed by atoms with E-state index in [9.17, 15) is 0 Å². The highest BCUT2D eigenvalue weighted by atomic mass is 16.5. The minimum Gasteiger partial charge on any atom is -0.369 e. The van der Waals surface area contributed by atoms with Gasteiger partial charge in [0.2, 0.25) is 0 Å². The Kier molecular flexibility index (Phi) is 4.57. The molecule has 3 atom stereocenters. The lowest BCUT2D eigenvalue weighted by atomic mass is 10.1. The molecule has 0 heterocycles. The molecule has 1 aliphatic carbocycles. The van der Waals surface area contributed by atoms with Crippen molar-refractivity contribution in [2.45, 2.75) is 51.4 Å². The molecule has 1 aliphatic rings. The van der Waals surface area contributed by atoms with Gasteiger partial charge in [-0.3, -0.25) is 0 Å². The highest BCUT2D eigenvalue weighted by Crippen LogP contribution is 2.27. The molecule has 0 spiro atoms. The number of ether oxygens (including phenoxy) is 1. The third-order valence-corrected chi connectivity index (χ3v) is 3.57. The van der Waals surface area contributed by atoms with E-state index in [0.717, 1.165) is 6.54 Å². The summed E-state index contributed by atoms with van der Waals surface area (Å²) in [5.74, 6) is 0. The van der Waals surface area contributed by atoms with E-state index in [4.69, 9.17) is 4.74 Å². The number of benzene rings is 1. The summed E-state index contributed by atoms with van der Waals surface area (Å²) in [5, 5.41) is 3.53. The molecule has 1 fully saturated rings. The predicted molar refractivity (Wildman–Crippen MR) is 71.0 cm³/mol. The molecule has 0 radical (unpaired) electrons. The second kappa shape index (κ2) is 6.18. The van der Waals surface area contributed by atoms with Crippen molar-refractivity contribution in [1.82, 2.24) is 5.32 Å². The summed E-state index contributed by atoms with van der Waals surface area (Å²) < 4.78 is 6.20. The van der Waals surface area contributed by atoms with Crippen molar-refractivity contribution < 1.29 is 4.74 Å². The van der Waals surface area contributed by atoms with Crippen LogP contribution in [0.25, 0.3) is 0 Å². The van der Waals surface area contributed by atoms with Crippen LogP contribution in [0.3, 0.4) is 0 Å². The molecule has 2 rings (SSSR count). The van der Waals surface area contributed by atoms with Crippen LogP contribution in [0.4, 0.5) is 0 Å². The molecule has 0 aliphatic heterocycles. The van der Waals surface area contributed by atoms with Crippen LogP contribution < -0.4 is 5.32 Å². The van der Waals surface area contributed by atoms with Crippen molar-refractivity contribution >= 4 is 0 Å². The van der Waals surface area contributed by atoms with E-state index in [1.54, 1.807) is 0 Å². The van der Waals surface area contributed by atoms with Crippen LogP contribution in [0.1, 0.15) is 44.8 Å². The molecule has 1 saturated carbocycles. The van der Waals surface area contributed by atoms with Gasteiger partial charge in [0, 0.05) is 6.04 Å². The van der Waals surface area contributed by atoms with Gasteiger partial charge in [-0.25, -0.2) is 0 Å². The van der Waals surface area contributed by atoms with Crippen molar-refractivity contribution in [1.29, 1.82) is 0 Å². The van der Waals surface area contributed by atoms with Crippen LogP contribution in [-0.4, -0.2) is 18.7 Å². The second-order valence-electron chi connectivity index (χ2n) is 4.82. The summed E-state index contributed by atoms with van der Waals surface area (Å²) in [4.78, 5) is 0. The maximum atomic E-state index is 6.20. The van der Waals surface area contributed by atoms with E-state index >= 15 is 0 Å².